The molecule has 0 aromatic carbocycles. The Hall–Kier alpha value is 0.142. The molecule has 0 aliphatic heterocycles. The first kappa shape index (κ1) is 5.28. The Balaban J connectivity index is 2.45. The molecule has 1 aliphatic rings. The summed E-state index contributed by atoms with van der Waals surface area (Å²) in [7, 11) is 0. The molecule has 0 saturated carbocycles. The molecule has 0 nitrogen and oxygen atoms in total. The van der Waals surface area contributed by atoms with Crippen LogP contribution >= 0.6 is 0 Å². The Bertz CT molecular complexity index is 111. The van der Waals surface area contributed by atoms with E-state index in [1.807, 2.05) is 0 Å². The van der Waals surface area contributed by atoms with Gasteiger partial charge in [0.05, 0.1) is 0 Å². The number of hydrogen-bond donors (Lipinski definition) is 0. The van der Waals surface area contributed by atoms with Gasteiger partial charge in [0.2, 0.25) is 0 Å². The molecule has 0 aromatic heterocycles. The monoisotopic (exact) mass is 186 g/mol. The van der Waals surface area contributed by atoms with E-state index < -0.39 is 0 Å². The quantitative estimate of drug-likeness (QED) is 0.549. The van der Waals surface area contributed by atoms with Crippen LogP contribution in [0.4, 0.5) is 0 Å². The average molecular weight is 187 g/mol. The van der Waals surface area contributed by atoms with Gasteiger partial charge in [-0.2, -0.15) is 0 Å². The molecular weight excluding hydrogens is 178 g/mol. The SMILES string of the molecule is [CH3][Pd][C]1=CC=CC1. The standard InChI is InChI=1S/C5H5.CH3.Pd/c1-2-4-5-3-1;;/h1-3H,4H2;1H3;. The normalized spacial score (nSPS) is 18.1. The van der Waals surface area contributed by atoms with Crippen molar-refractivity contribution in [2.75, 3.05) is 0 Å². The van der Waals surface area contributed by atoms with Crippen molar-refractivity contribution in [3.8, 4) is 0 Å². The third-order valence-electron chi connectivity index (χ3n) is 0.906. The Morgan fingerprint density at radius 1 is 1.71 bits per heavy atom. The summed E-state index contributed by atoms with van der Waals surface area (Å²) < 4.78 is 1.61. The summed E-state index contributed by atoms with van der Waals surface area (Å²) in [5.74, 6) is 0. The van der Waals surface area contributed by atoms with E-state index in [2.05, 4.69) is 23.6 Å². The topological polar surface area (TPSA) is 0 Å². The van der Waals surface area contributed by atoms with Crippen molar-refractivity contribution in [2.24, 2.45) is 0 Å². The van der Waals surface area contributed by atoms with Gasteiger partial charge in [0, 0.05) is 0 Å². The van der Waals surface area contributed by atoms with Crippen molar-refractivity contribution in [3.05, 3.63) is 22.3 Å². The number of hydrogen-bond acceptors (Lipinski definition) is 0. The molecule has 0 N–H and O–H groups in total. The molecule has 0 saturated heterocycles. The van der Waals surface area contributed by atoms with Crippen LogP contribution in [0.25, 0.3) is 0 Å². The van der Waals surface area contributed by atoms with Gasteiger partial charge in [0.25, 0.3) is 0 Å². The average Bonchev–Trinajstić information content (AvgIpc) is 2.14. The molecule has 1 aliphatic carbocycles. The summed E-state index contributed by atoms with van der Waals surface area (Å²) in [6.45, 7) is 0. The van der Waals surface area contributed by atoms with Crippen LogP contribution in [-0.2, 0) is 18.0 Å². The van der Waals surface area contributed by atoms with Crippen molar-refractivity contribution >= 4 is 0 Å². The van der Waals surface area contributed by atoms with Crippen LogP contribution in [0, 0.1) is 0 Å². The molecular formula is C6H8Pd. The molecule has 0 amide bonds. The first-order valence-electron chi connectivity index (χ1n) is 2.19. The van der Waals surface area contributed by atoms with Crippen molar-refractivity contribution < 1.29 is 18.0 Å². The van der Waals surface area contributed by atoms with Crippen LogP contribution in [0.15, 0.2) is 22.3 Å². The molecule has 0 aromatic rings. The molecule has 0 atom stereocenters. The predicted molar refractivity (Wildman–Crippen MR) is 27.7 cm³/mol. The second-order valence-electron chi connectivity index (χ2n) is 1.36. The summed E-state index contributed by atoms with van der Waals surface area (Å²) in [6.07, 6.45) is 7.77. The van der Waals surface area contributed by atoms with E-state index in [1.54, 1.807) is 4.05 Å². The van der Waals surface area contributed by atoms with Gasteiger partial charge in [-0.1, -0.05) is 0 Å². The Morgan fingerprint density at radius 3 is 2.86 bits per heavy atom. The van der Waals surface area contributed by atoms with Crippen molar-refractivity contribution in [3.63, 3.8) is 0 Å². The predicted octanol–water partition coefficient (Wildman–Crippen LogP) is 1.96. The number of rotatable bonds is 1. The maximum absolute atomic E-state index is 2.24. The maximum atomic E-state index is 2.24. The van der Waals surface area contributed by atoms with Crippen molar-refractivity contribution in [1.82, 2.24) is 0 Å². The van der Waals surface area contributed by atoms with E-state index in [0.29, 0.717) is 0 Å². The first-order valence-corrected chi connectivity index (χ1v) is 4.52. The van der Waals surface area contributed by atoms with Crippen molar-refractivity contribution in [2.45, 2.75) is 11.8 Å². The van der Waals surface area contributed by atoms with Gasteiger partial charge in [-0.25, -0.2) is 0 Å². The zero-order chi connectivity index (χ0) is 5.11. The fourth-order valence-electron chi connectivity index (χ4n) is 0.525. The van der Waals surface area contributed by atoms with Gasteiger partial charge in [-0.05, 0) is 0 Å². The third-order valence-corrected chi connectivity index (χ3v) is 2.48. The Kier molecular flexibility index (Phi) is 1.85. The Labute approximate surface area is 52.5 Å². The van der Waals surface area contributed by atoms with Crippen LogP contribution in [-0.4, -0.2) is 0 Å². The molecule has 7 heavy (non-hydrogen) atoms. The fraction of sp³-hybridized carbons (Fsp3) is 0.333. The minimum atomic E-state index is 0.846. The summed E-state index contributed by atoms with van der Waals surface area (Å²) in [4.78, 5) is 0. The molecule has 0 bridgehead atoms. The summed E-state index contributed by atoms with van der Waals surface area (Å²) in [5, 5.41) is 2.24. The molecule has 0 fully saturated rings. The van der Waals surface area contributed by atoms with E-state index in [9.17, 15) is 0 Å². The van der Waals surface area contributed by atoms with Crippen LogP contribution in [0.3, 0.4) is 0 Å². The summed E-state index contributed by atoms with van der Waals surface area (Å²) in [6, 6.07) is 0. The zero-order valence-corrected chi connectivity index (χ0v) is 5.81. The van der Waals surface area contributed by atoms with E-state index in [0.717, 1.165) is 18.0 Å². The molecule has 0 heterocycles. The molecule has 0 spiro atoms. The van der Waals surface area contributed by atoms with Crippen LogP contribution in [0.1, 0.15) is 6.42 Å². The molecule has 42 valence electrons. The van der Waals surface area contributed by atoms with Gasteiger partial charge < -0.3 is 0 Å². The first-order chi connectivity index (χ1) is 3.43. The van der Waals surface area contributed by atoms with Gasteiger partial charge in [0.1, 0.15) is 0 Å². The second-order valence-corrected chi connectivity index (χ2v) is 3.14. The van der Waals surface area contributed by atoms with E-state index in [4.69, 9.17) is 0 Å². The van der Waals surface area contributed by atoms with E-state index >= 15 is 0 Å². The van der Waals surface area contributed by atoms with Crippen molar-refractivity contribution in [1.29, 1.82) is 0 Å². The second kappa shape index (κ2) is 2.45. The van der Waals surface area contributed by atoms with E-state index in [-0.39, 0.29) is 0 Å². The Morgan fingerprint density at radius 2 is 2.57 bits per heavy atom. The molecule has 1 heteroatoms. The van der Waals surface area contributed by atoms with Gasteiger partial charge >= 0.3 is 52.1 Å². The summed E-state index contributed by atoms with van der Waals surface area (Å²) in [5.41, 5.74) is 0. The zero-order valence-electron chi connectivity index (χ0n) is 4.26. The van der Waals surface area contributed by atoms with Gasteiger partial charge in [-0.3, -0.25) is 0 Å². The van der Waals surface area contributed by atoms with E-state index in [1.165, 1.54) is 6.42 Å². The number of allylic oxidation sites excluding steroid dienone is 4. The third kappa shape index (κ3) is 1.26. The fourth-order valence-corrected chi connectivity index (χ4v) is 1.43. The molecule has 1 rings (SSSR count). The summed E-state index contributed by atoms with van der Waals surface area (Å²) >= 11 is 0.846. The minimum absolute atomic E-state index is 0.846. The molecule has 0 unspecified atom stereocenters. The van der Waals surface area contributed by atoms with Crippen LogP contribution in [0.5, 0.6) is 0 Å². The van der Waals surface area contributed by atoms with Crippen LogP contribution < -0.4 is 0 Å². The van der Waals surface area contributed by atoms with Crippen LogP contribution in [0.2, 0.25) is 5.40 Å². The van der Waals surface area contributed by atoms with Gasteiger partial charge in [0.15, 0.2) is 0 Å². The van der Waals surface area contributed by atoms with Gasteiger partial charge in [-0.15, -0.1) is 0 Å². The molecule has 0 radical (unpaired) electrons.